The molecule has 1 saturated carbocycles. The lowest BCUT2D eigenvalue weighted by atomic mass is 10.3. The molecule has 14 heavy (non-hydrogen) atoms. The lowest BCUT2D eigenvalue weighted by Crippen LogP contribution is -2.36. The van der Waals surface area contributed by atoms with Crippen LogP contribution in [0.3, 0.4) is 0 Å². The fourth-order valence-electron chi connectivity index (χ4n) is 1.10. The van der Waals surface area contributed by atoms with Crippen LogP contribution in [0.4, 0.5) is 0 Å². The van der Waals surface area contributed by atoms with Crippen molar-refractivity contribution >= 4 is 5.91 Å². The van der Waals surface area contributed by atoms with E-state index in [4.69, 9.17) is 10.2 Å². The molecule has 0 aromatic rings. The van der Waals surface area contributed by atoms with E-state index in [0.717, 1.165) is 12.8 Å². The number of hydrogen-bond donors (Lipinski definition) is 4. The molecule has 82 valence electrons. The second-order valence-corrected chi connectivity index (χ2v) is 3.61. The van der Waals surface area contributed by atoms with Crippen LogP contribution in [-0.4, -0.2) is 48.5 Å². The molecule has 1 atom stereocenters. The van der Waals surface area contributed by atoms with Crippen molar-refractivity contribution in [3.8, 4) is 0 Å². The molecule has 0 unspecified atom stereocenters. The number of aliphatic hydroxyl groups excluding tert-OH is 2. The van der Waals surface area contributed by atoms with Gasteiger partial charge in [0, 0.05) is 25.6 Å². The summed E-state index contributed by atoms with van der Waals surface area (Å²) in [5.74, 6) is 0.382. The summed E-state index contributed by atoms with van der Waals surface area (Å²) in [4.78, 5) is 11.1. The summed E-state index contributed by atoms with van der Waals surface area (Å²) >= 11 is 0. The van der Waals surface area contributed by atoms with Gasteiger partial charge in [0.25, 0.3) is 0 Å². The van der Waals surface area contributed by atoms with Gasteiger partial charge >= 0.3 is 0 Å². The molecule has 1 aliphatic carbocycles. The van der Waals surface area contributed by atoms with Gasteiger partial charge in [-0.25, -0.2) is 0 Å². The van der Waals surface area contributed by atoms with Gasteiger partial charge in [0.05, 0.1) is 12.7 Å². The molecule has 0 aromatic carbocycles. The fourth-order valence-corrected chi connectivity index (χ4v) is 1.10. The van der Waals surface area contributed by atoms with E-state index in [1.54, 1.807) is 0 Å². The quantitative estimate of drug-likeness (QED) is 0.377. The molecule has 1 rings (SSSR count). The van der Waals surface area contributed by atoms with Crippen LogP contribution in [0, 0.1) is 5.92 Å². The summed E-state index contributed by atoms with van der Waals surface area (Å²) in [6.45, 7) is 1.32. The van der Waals surface area contributed by atoms with Crippen molar-refractivity contribution in [2.75, 3.05) is 26.2 Å². The third kappa shape index (κ3) is 4.55. The number of aliphatic hydroxyl groups is 2. The molecule has 1 amide bonds. The molecule has 1 fully saturated rings. The fraction of sp³-hybridized carbons (Fsp3) is 0.889. The third-order valence-corrected chi connectivity index (χ3v) is 2.14. The lowest BCUT2D eigenvalue weighted by Gasteiger charge is -2.09. The first-order valence-electron chi connectivity index (χ1n) is 5.01. The maximum absolute atomic E-state index is 11.1. The summed E-state index contributed by atoms with van der Waals surface area (Å²) in [6.07, 6.45) is 1.32. The number of amides is 1. The van der Waals surface area contributed by atoms with Crippen molar-refractivity contribution in [1.82, 2.24) is 10.6 Å². The number of nitrogens with one attached hydrogen (secondary N) is 2. The van der Waals surface area contributed by atoms with Crippen LogP contribution in [0.25, 0.3) is 0 Å². The molecule has 0 spiro atoms. The molecule has 0 radical (unpaired) electrons. The van der Waals surface area contributed by atoms with Crippen LogP contribution in [0.1, 0.15) is 12.8 Å². The highest BCUT2D eigenvalue weighted by Gasteiger charge is 2.28. The Labute approximate surface area is 83.5 Å². The van der Waals surface area contributed by atoms with E-state index in [-0.39, 0.29) is 18.4 Å². The number of carbonyl (C=O) groups is 1. The summed E-state index contributed by atoms with van der Waals surface area (Å²) in [5.41, 5.74) is 0. The second-order valence-electron chi connectivity index (χ2n) is 3.61. The van der Waals surface area contributed by atoms with Gasteiger partial charge in [-0.15, -0.1) is 0 Å². The van der Waals surface area contributed by atoms with Gasteiger partial charge < -0.3 is 20.8 Å². The zero-order valence-corrected chi connectivity index (χ0v) is 8.20. The molecule has 1 aliphatic rings. The van der Waals surface area contributed by atoms with Crippen LogP contribution in [0.15, 0.2) is 0 Å². The number of rotatable bonds is 7. The van der Waals surface area contributed by atoms with E-state index < -0.39 is 6.10 Å². The first-order valence-corrected chi connectivity index (χ1v) is 5.01. The molecule has 0 aromatic heterocycles. The first-order chi connectivity index (χ1) is 6.74. The largest absolute Gasteiger partial charge is 0.394 e. The molecule has 0 heterocycles. The predicted octanol–water partition coefficient (Wildman–Crippen LogP) is -1.54. The normalized spacial score (nSPS) is 17.9. The maximum Gasteiger partial charge on any atom is 0.223 e. The van der Waals surface area contributed by atoms with Crippen LogP contribution in [0.2, 0.25) is 0 Å². The van der Waals surface area contributed by atoms with Crippen LogP contribution in [-0.2, 0) is 4.79 Å². The summed E-state index contributed by atoms with van der Waals surface area (Å²) in [7, 11) is 0. The van der Waals surface area contributed by atoms with Gasteiger partial charge in [0.2, 0.25) is 5.91 Å². The average molecular weight is 202 g/mol. The van der Waals surface area contributed by atoms with Crippen molar-refractivity contribution in [3.05, 3.63) is 0 Å². The molecule has 4 N–H and O–H groups in total. The summed E-state index contributed by atoms with van der Waals surface area (Å²) < 4.78 is 0. The molecule has 0 aliphatic heterocycles. The Morgan fingerprint density at radius 3 is 2.71 bits per heavy atom. The van der Waals surface area contributed by atoms with Gasteiger partial charge in [0.1, 0.15) is 0 Å². The van der Waals surface area contributed by atoms with Crippen LogP contribution < -0.4 is 10.6 Å². The highest BCUT2D eigenvalue weighted by Crippen LogP contribution is 2.28. The monoisotopic (exact) mass is 202 g/mol. The number of carbonyl (C=O) groups excluding carboxylic acids is 1. The molecular formula is C9H18N2O3. The summed E-state index contributed by atoms with van der Waals surface area (Å²) in [5, 5.41) is 23.2. The maximum atomic E-state index is 11.1. The SMILES string of the molecule is O=C(NCCNC[C@H](O)CO)C1CC1. The van der Waals surface area contributed by atoms with E-state index in [0.29, 0.717) is 19.6 Å². The topological polar surface area (TPSA) is 81.6 Å². The van der Waals surface area contributed by atoms with Gasteiger partial charge in [0.15, 0.2) is 0 Å². The Hall–Kier alpha value is -0.650. The highest BCUT2D eigenvalue weighted by molar-refractivity contribution is 5.80. The highest BCUT2D eigenvalue weighted by atomic mass is 16.3. The number of hydrogen-bond acceptors (Lipinski definition) is 4. The van der Waals surface area contributed by atoms with Crippen molar-refractivity contribution < 1.29 is 15.0 Å². The van der Waals surface area contributed by atoms with Gasteiger partial charge in [-0.2, -0.15) is 0 Å². The molecule has 0 saturated heterocycles. The van der Waals surface area contributed by atoms with E-state index in [9.17, 15) is 4.79 Å². The van der Waals surface area contributed by atoms with Crippen molar-refractivity contribution in [2.24, 2.45) is 5.92 Å². The Morgan fingerprint density at radius 2 is 2.14 bits per heavy atom. The van der Waals surface area contributed by atoms with Gasteiger partial charge in [-0.05, 0) is 12.8 Å². The Morgan fingerprint density at radius 1 is 1.43 bits per heavy atom. The molecular weight excluding hydrogens is 184 g/mol. The smallest absolute Gasteiger partial charge is 0.223 e. The average Bonchev–Trinajstić information content (AvgIpc) is 2.99. The van der Waals surface area contributed by atoms with Crippen LogP contribution >= 0.6 is 0 Å². The summed E-state index contributed by atoms with van der Waals surface area (Å²) in [6, 6.07) is 0. The minimum Gasteiger partial charge on any atom is -0.394 e. The Bertz CT molecular complexity index is 183. The third-order valence-electron chi connectivity index (χ3n) is 2.14. The lowest BCUT2D eigenvalue weighted by molar-refractivity contribution is -0.122. The van der Waals surface area contributed by atoms with E-state index >= 15 is 0 Å². The first kappa shape index (κ1) is 11.4. The van der Waals surface area contributed by atoms with E-state index in [1.807, 2.05) is 0 Å². The Kier molecular flexibility index (Phi) is 4.86. The van der Waals surface area contributed by atoms with Gasteiger partial charge in [-0.3, -0.25) is 4.79 Å². The standard InChI is InChI=1S/C9H18N2O3/c12-6-8(13)5-10-3-4-11-9(14)7-1-2-7/h7-8,10,12-13H,1-6H2,(H,11,14)/t8-/m0/s1. The van der Waals surface area contributed by atoms with Gasteiger partial charge in [-0.1, -0.05) is 0 Å². The van der Waals surface area contributed by atoms with Crippen molar-refractivity contribution in [3.63, 3.8) is 0 Å². The molecule has 0 bridgehead atoms. The van der Waals surface area contributed by atoms with Crippen molar-refractivity contribution in [2.45, 2.75) is 18.9 Å². The zero-order chi connectivity index (χ0) is 10.4. The second kappa shape index (κ2) is 5.95. The predicted molar refractivity (Wildman–Crippen MR) is 51.7 cm³/mol. The van der Waals surface area contributed by atoms with Crippen LogP contribution in [0.5, 0.6) is 0 Å². The molecule has 5 nitrogen and oxygen atoms in total. The zero-order valence-electron chi connectivity index (χ0n) is 8.20. The van der Waals surface area contributed by atoms with Crippen molar-refractivity contribution in [1.29, 1.82) is 0 Å². The van der Waals surface area contributed by atoms with E-state index in [1.165, 1.54) is 0 Å². The van der Waals surface area contributed by atoms with E-state index in [2.05, 4.69) is 10.6 Å². The minimum atomic E-state index is -0.714. The Balaban J connectivity index is 1.86. The molecule has 5 heteroatoms. The minimum absolute atomic E-state index is 0.134.